The predicted molar refractivity (Wildman–Crippen MR) is 284 cm³/mol. The van der Waals surface area contributed by atoms with E-state index in [4.69, 9.17) is 24.4 Å². The topological polar surface area (TPSA) is 79.5 Å². The number of hydrogen-bond donors (Lipinski definition) is 0. The second kappa shape index (κ2) is 14.9. The van der Waals surface area contributed by atoms with E-state index in [1.807, 2.05) is 60.7 Å². The summed E-state index contributed by atoms with van der Waals surface area (Å²) in [5.41, 5.74) is 13.6. The highest BCUT2D eigenvalue weighted by atomic mass is 16.3. The molecule has 0 bridgehead atoms. The van der Waals surface area contributed by atoms with E-state index in [9.17, 15) is 0 Å². The van der Waals surface area contributed by atoms with Gasteiger partial charge >= 0.3 is 0 Å². The van der Waals surface area contributed by atoms with E-state index >= 15 is 0 Å². The molecule has 0 N–H and O–H groups in total. The van der Waals surface area contributed by atoms with E-state index in [2.05, 4.69) is 177 Å². The first-order chi connectivity index (χ1) is 34.7. The first-order valence-corrected chi connectivity index (χ1v) is 23.5. The van der Waals surface area contributed by atoms with Gasteiger partial charge in [0, 0.05) is 71.2 Å². The molecule has 0 aliphatic carbocycles. The first-order valence-electron chi connectivity index (χ1n) is 23.5. The molecule has 326 valence electrons. The summed E-state index contributed by atoms with van der Waals surface area (Å²) in [7, 11) is 0. The summed E-state index contributed by atoms with van der Waals surface area (Å²) in [6.07, 6.45) is 0. The van der Waals surface area contributed by atoms with Crippen molar-refractivity contribution in [3.8, 4) is 51.4 Å². The zero-order valence-electron chi connectivity index (χ0n) is 37.4. The van der Waals surface area contributed by atoms with Crippen molar-refractivity contribution in [3.63, 3.8) is 0 Å². The standard InChI is InChI=1S/C62H37N7O/c1-4-16-38(17-5-1)59-64-60(39-18-6-2-7-19-39)66-62(65-59)69-55-34-28-40(36-49(55)47-31-30-46-45-24-12-15-27-54(45)68(57(46)58(47)69)41-20-8-3-9-21-41)51-33-32-48-50-37-42(29-35-56(50)70-61(48)63-51)67-52-25-13-10-22-43(52)44-23-11-14-26-53(44)67/h1-37H. The highest BCUT2D eigenvalue weighted by Gasteiger charge is 2.25. The van der Waals surface area contributed by atoms with Gasteiger partial charge in [-0.2, -0.15) is 9.97 Å². The van der Waals surface area contributed by atoms with Crippen LogP contribution in [0.4, 0.5) is 0 Å². The van der Waals surface area contributed by atoms with E-state index in [0.717, 1.165) is 93.7 Å². The lowest BCUT2D eigenvalue weighted by atomic mass is 10.0. The van der Waals surface area contributed by atoms with Crippen LogP contribution in [0, 0.1) is 0 Å². The summed E-state index contributed by atoms with van der Waals surface area (Å²) < 4.78 is 13.5. The molecule has 0 saturated carbocycles. The molecule has 0 aliphatic rings. The van der Waals surface area contributed by atoms with Crippen LogP contribution in [0.5, 0.6) is 0 Å². The molecule has 8 nitrogen and oxygen atoms in total. The SMILES string of the molecule is c1ccc(-c2nc(-c3ccccc3)nc(-n3c4ccc(-c5ccc6c(n5)oc5ccc(-n7c8ccccc8c8ccccc87)cc56)cc4c4ccc5c6ccccc6n(-c6ccccc6)c5c43)n2)cc1. The minimum Gasteiger partial charge on any atom is -0.438 e. The van der Waals surface area contributed by atoms with Crippen molar-refractivity contribution in [3.05, 3.63) is 224 Å². The zero-order valence-corrected chi connectivity index (χ0v) is 37.4. The molecule has 0 spiro atoms. The van der Waals surface area contributed by atoms with Crippen molar-refractivity contribution in [1.82, 2.24) is 33.6 Å². The molecule has 0 amide bonds. The Labute approximate surface area is 399 Å². The molecule has 0 atom stereocenters. The van der Waals surface area contributed by atoms with Gasteiger partial charge in [-0.25, -0.2) is 9.97 Å². The van der Waals surface area contributed by atoms with Gasteiger partial charge in [-0.05, 0) is 72.8 Å². The van der Waals surface area contributed by atoms with Crippen LogP contribution in [-0.2, 0) is 0 Å². The van der Waals surface area contributed by atoms with Crippen molar-refractivity contribution >= 4 is 87.5 Å². The molecule has 0 unspecified atom stereocenters. The van der Waals surface area contributed by atoms with Crippen LogP contribution in [0.1, 0.15) is 0 Å². The maximum absolute atomic E-state index is 6.56. The average molecular weight is 896 g/mol. The quantitative estimate of drug-likeness (QED) is 0.166. The average Bonchev–Trinajstić information content (AvgIpc) is 4.17. The Balaban J connectivity index is 0.965. The molecule has 0 aliphatic heterocycles. The Morgan fingerprint density at radius 1 is 0.300 bits per heavy atom. The normalized spacial score (nSPS) is 12.0. The van der Waals surface area contributed by atoms with Gasteiger partial charge in [0.25, 0.3) is 0 Å². The lowest BCUT2D eigenvalue weighted by Crippen LogP contribution is -2.07. The summed E-state index contributed by atoms with van der Waals surface area (Å²) in [6, 6.07) is 78.5. The number of para-hydroxylation sites is 4. The fraction of sp³-hybridized carbons (Fsp3) is 0. The molecule has 0 fully saturated rings. The lowest BCUT2D eigenvalue weighted by Gasteiger charge is -2.13. The van der Waals surface area contributed by atoms with Crippen LogP contribution in [0.15, 0.2) is 229 Å². The minimum absolute atomic E-state index is 0.528. The Morgan fingerprint density at radius 2 is 0.829 bits per heavy atom. The number of hydrogen-bond acceptors (Lipinski definition) is 5. The number of nitrogens with zero attached hydrogens (tertiary/aromatic N) is 7. The van der Waals surface area contributed by atoms with E-state index in [1.54, 1.807) is 0 Å². The Kier molecular flexibility index (Phi) is 8.20. The largest absolute Gasteiger partial charge is 0.438 e. The Hall–Kier alpha value is -9.66. The summed E-state index contributed by atoms with van der Waals surface area (Å²) in [6.45, 7) is 0. The van der Waals surface area contributed by atoms with Crippen LogP contribution in [0.3, 0.4) is 0 Å². The van der Waals surface area contributed by atoms with Gasteiger partial charge in [0.2, 0.25) is 11.7 Å². The van der Waals surface area contributed by atoms with Crippen molar-refractivity contribution in [2.75, 3.05) is 0 Å². The number of rotatable bonds is 6. The van der Waals surface area contributed by atoms with Crippen molar-refractivity contribution in [2.45, 2.75) is 0 Å². The first kappa shape index (κ1) is 38.4. The molecule has 6 heterocycles. The predicted octanol–water partition coefficient (Wildman–Crippen LogP) is 15.5. The molecular formula is C62H37N7O. The molecule has 0 radical (unpaired) electrons. The number of aromatic nitrogens is 7. The van der Waals surface area contributed by atoms with Crippen LogP contribution in [0.2, 0.25) is 0 Å². The summed E-state index contributed by atoms with van der Waals surface area (Å²) in [5, 5.41) is 8.85. The second-order valence-corrected chi connectivity index (χ2v) is 17.8. The highest BCUT2D eigenvalue weighted by Crippen LogP contribution is 2.43. The smallest absolute Gasteiger partial charge is 0.238 e. The third-order valence-corrected chi connectivity index (χ3v) is 13.9. The van der Waals surface area contributed by atoms with Gasteiger partial charge in [0.05, 0.1) is 38.8 Å². The molecule has 6 aromatic heterocycles. The molecular weight excluding hydrogens is 859 g/mol. The van der Waals surface area contributed by atoms with E-state index < -0.39 is 0 Å². The third kappa shape index (κ3) is 5.71. The summed E-state index contributed by atoms with van der Waals surface area (Å²) in [5.74, 6) is 1.72. The van der Waals surface area contributed by atoms with Crippen molar-refractivity contribution < 1.29 is 4.42 Å². The number of pyridine rings is 1. The van der Waals surface area contributed by atoms with Gasteiger partial charge in [0.15, 0.2) is 11.6 Å². The summed E-state index contributed by atoms with van der Waals surface area (Å²) >= 11 is 0. The minimum atomic E-state index is 0.528. The third-order valence-electron chi connectivity index (χ3n) is 13.9. The Morgan fingerprint density at radius 3 is 1.49 bits per heavy atom. The van der Waals surface area contributed by atoms with E-state index in [-0.39, 0.29) is 0 Å². The van der Waals surface area contributed by atoms with E-state index in [0.29, 0.717) is 23.3 Å². The van der Waals surface area contributed by atoms with Gasteiger partial charge < -0.3 is 13.6 Å². The molecule has 0 saturated heterocycles. The van der Waals surface area contributed by atoms with Gasteiger partial charge in [-0.3, -0.25) is 4.57 Å². The number of fused-ring (bicyclic) bond motifs is 13. The second-order valence-electron chi connectivity index (χ2n) is 17.8. The molecule has 8 heteroatoms. The highest BCUT2D eigenvalue weighted by molar-refractivity contribution is 6.24. The van der Waals surface area contributed by atoms with Gasteiger partial charge in [-0.15, -0.1) is 0 Å². The number of benzene rings is 9. The van der Waals surface area contributed by atoms with Crippen LogP contribution < -0.4 is 0 Å². The van der Waals surface area contributed by atoms with Crippen molar-refractivity contribution in [1.29, 1.82) is 0 Å². The maximum atomic E-state index is 6.56. The monoisotopic (exact) mass is 895 g/mol. The Bertz CT molecular complexity index is 4470. The maximum Gasteiger partial charge on any atom is 0.238 e. The van der Waals surface area contributed by atoms with E-state index in [1.165, 1.54) is 21.8 Å². The molecule has 15 aromatic rings. The van der Waals surface area contributed by atoms with Gasteiger partial charge in [0.1, 0.15) is 5.58 Å². The molecule has 9 aromatic carbocycles. The fourth-order valence-electron chi connectivity index (χ4n) is 10.8. The zero-order chi connectivity index (χ0) is 45.9. The fourth-order valence-corrected chi connectivity index (χ4v) is 10.8. The van der Waals surface area contributed by atoms with Gasteiger partial charge in [-0.1, -0.05) is 152 Å². The molecule has 15 rings (SSSR count). The lowest BCUT2D eigenvalue weighted by molar-refractivity contribution is 0.654. The van der Waals surface area contributed by atoms with Crippen LogP contribution >= 0.6 is 0 Å². The summed E-state index contributed by atoms with van der Waals surface area (Å²) in [4.78, 5) is 21.0. The van der Waals surface area contributed by atoms with Crippen molar-refractivity contribution in [2.24, 2.45) is 0 Å². The van der Waals surface area contributed by atoms with Crippen LogP contribution in [-0.4, -0.2) is 33.6 Å². The number of furan rings is 1. The molecule has 70 heavy (non-hydrogen) atoms. The van der Waals surface area contributed by atoms with Crippen LogP contribution in [0.25, 0.3) is 139 Å².